The summed E-state index contributed by atoms with van der Waals surface area (Å²) in [5, 5.41) is 19.3. The van der Waals surface area contributed by atoms with Gasteiger partial charge in [-0.2, -0.15) is 11.8 Å². The van der Waals surface area contributed by atoms with Crippen molar-refractivity contribution in [3.63, 3.8) is 0 Å². The van der Waals surface area contributed by atoms with Gasteiger partial charge < -0.3 is 15.1 Å². The predicted molar refractivity (Wildman–Crippen MR) is 75.0 cm³/mol. The third-order valence-electron chi connectivity index (χ3n) is 2.94. The molecule has 4 heteroatoms. The van der Waals surface area contributed by atoms with Crippen molar-refractivity contribution in [3.05, 3.63) is 23.8 Å². The van der Waals surface area contributed by atoms with E-state index >= 15 is 0 Å². The molecule has 1 aromatic rings. The van der Waals surface area contributed by atoms with Crippen molar-refractivity contribution in [1.82, 2.24) is 0 Å². The number of nitrogens with zero attached hydrogens (tertiary/aromatic N) is 1. The highest BCUT2D eigenvalue weighted by molar-refractivity contribution is 7.98. The molecule has 0 fully saturated rings. The monoisotopic (exact) mass is 255 g/mol. The van der Waals surface area contributed by atoms with E-state index < -0.39 is 6.10 Å². The molecule has 0 saturated carbocycles. The van der Waals surface area contributed by atoms with Crippen LogP contribution in [0.5, 0.6) is 5.75 Å². The standard InChI is InChI=1S/C13H21NO2S/c1-9(8-17-4)14(3)11-5-6-12(10(2)15)13(16)7-11/h5-7,9-10,15-16H,8H2,1-4H3. The van der Waals surface area contributed by atoms with Crippen LogP contribution in [0.15, 0.2) is 18.2 Å². The van der Waals surface area contributed by atoms with Gasteiger partial charge in [0.2, 0.25) is 0 Å². The average Bonchev–Trinajstić information content (AvgIpc) is 2.27. The zero-order valence-corrected chi connectivity index (χ0v) is 11.7. The van der Waals surface area contributed by atoms with Crippen molar-refractivity contribution in [2.45, 2.75) is 26.0 Å². The molecule has 0 spiro atoms. The van der Waals surface area contributed by atoms with E-state index in [0.29, 0.717) is 11.6 Å². The molecule has 0 bridgehead atoms. The van der Waals surface area contributed by atoms with Gasteiger partial charge >= 0.3 is 0 Å². The molecule has 0 saturated heterocycles. The van der Waals surface area contributed by atoms with Crippen LogP contribution in [-0.4, -0.2) is 35.3 Å². The number of hydrogen-bond acceptors (Lipinski definition) is 4. The van der Waals surface area contributed by atoms with Crippen molar-refractivity contribution >= 4 is 17.4 Å². The molecule has 0 aliphatic carbocycles. The summed E-state index contributed by atoms with van der Waals surface area (Å²) in [7, 11) is 2.01. The van der Waals surface area contributed by atoms with Crippen LogP contribution in [-0.2, 0) is 0 Å². The Morgan fingerprint density at radius 3 is 2.47 bits per heavy atom. The van der Waals surface area contributed by atoms with Crippen LogP contribution < -0.4 is 4.90 Å². The van der Waals surface area contributed by atoms with E-state index in [1.807, 2.05) is 13.1 Å². The van der Waals surface area contributed by atoms with Gasteiger partial charge in [-0.25, -0.2) is 0 Å². The first-order chi connectivity index (χ1) is 7.97. The predicted octanol–water partition coefficient (Wildman–Crippen LogP) is 2.63. The minimum absolute atomic E-state index is 0.153. The normalized spacial score (nSPS) is 14.4. The van der Waals surface area contributed by atoms with Crippen molar-refractivity contribution in [2.75, 3.05) is 24.0 Å². The van der Waals surface area contributed by atoms with Gasteiger partial charge in [0.25, 0.3) is 0 Å². The largest absolute Gasteiger partial charge is 0.507 e. The maximum atomic E-state index is 9.83. The molecule has 3 nitrogen and oxygen atoms in total. The molecule has 0 aromatic heterocycles. The number of anilines is 1. The Balaban J connectivity index is 2.89. The lowest BCUT2D eigenvalue weighted by molar-refractivity contribution is 0.195. The van der Waals surface area contributed by atoms with Crippen molar-refractivity contribution in [1.29, 1.82) is 0 Å². The van der Waals surface area contributed by atoms with Gasteiger partial charge in [-0.3, -0.25) is 0 Å². The molecule has 2 atom stereocenters. The molecular formula is C13H21NO2S. The molecule has 1 aromatic carbocycles. The second-order valence-electron chi connectivity index (χ2n) is 4.33. The maximum Gasteiger partial charge on any atom is 0.123 e. The summed E-state index contributed by atoms with van der Waals surface area (Å²) in [5.74, 6) is 1.19. The summed E-state index contributed by atoms with van der Waals surface area (Å²) in [6.07, 6.45) is 1.44. The molecule has 2 unspecified atom stereocenters. The summed E-state index contributed by atoms with van der Waals surface area (Å²) in [6.45, 7) is 3.80. The Bertz CT molecular complexity index is 368. The molecule has 2 N–H and O–H groups in total. The van der Waals surface area contributed by atoms with Crippen molar-refractivity contribution in [3.8, 4) is 5.75 Å². The second kappa shape index (κ2) is 6.17. The number of phenolic OH excluding ortho intramolecular Hbond substituents is 1. The highest BCUT2D eigenvalue weighted by atomic mass is 32.2. The van der Waals surface area contributed by atoms with E-state index in [9.17, 15) is 10.2 Å². The van der Waals surface area contributed by atoms with E-state index in [1.165, 1.54) is 0 Å². The summed E-state index contributed by atoms with van der Waals surface area (Å²) in [6, 6.07) is 5.82. The number of rotatable bonds is 5. The van der Waals surface area contributed by atoms with Crippen LogP contribution in [0.2, 0.25) is 0 Å². The van der Waals surface area contributed by atoms with Crippen molar-refractivity contribution < 1.29 is 10.2 Å². The first-order valence-corrected chi connectivity index (χ1v) is 7.09. The van der Waals surface area contributed by atoms with E-state index in [0.717, 1.165) is 11.4 Å². The van der Waals surface area contributed by atoms with Gasteiger partial charge in [-0.15, -0.1) is 0 Å². The van der Waals surface area contributed by atoms with Crippen LogP contribution in [0.4, 0.5) is 5.69 Å². The fraction of sp³-hybridized carbons (Fsp3) is 0.538. The first kappa shape index (κ1) is 14.2. The van der Waals surface area contributed by atoms with Crippen LogP contribution in [0, 0.1) is 0 Å². The topological polar surface area (TPSA) is 43.7 Å². The zero-order chi connectivity index (χ0) is 13.0. The van der Waals surface area contributed by atoms with Gasteiger partial charge in [0, 0.05) is 36.2 Å². The maximum absolute atomic E-state index is 9.83. The van der Waals surface area contributed by atoms with E-state index in [1.54, 1.807) is 30.8 Å². The lowest BCUT2D eigenvalue weighted by Gasteiger charge is -2.27. The van der Waals surface area contributed by atoms with Gasteiger partial charge in [0.05, 0.1) is 6.10 Å². The summed E-state index contributed by atoms with van der Waals surface area (Å²) in [4.78, 5) is 2.13. The highest BCUT2D eigenvalue weighted by Crippen LogP contribution is 2.29. The fourth-order valence-corrected chi connectivity index (χ4v) is 2.42. The Hall–Kier alpha value is -0.870. The third kappa shape index (κ3) is 3.54. The Morgan fingerprint density at radius 1 is 1.35 bits per heavy atom. The first-order valence-electron chi connectivity index (χ1n) is 5.70. The molecule has 96 valence electrons. The molecule has 0 heterocycles. The number of thioether (sulfide) groups is 1. The quantitative estimate of drug-likeness (QED) is 0.849. The number of benzene rings is 1. The lowest BCUT2D eigenvalue weighted by Crippen LogP contribution is -2.30. The molecule has 0 radical (unpaired) electrons. The zero-order valence-electron chi connectivity index (χ0n) is 10.8. The molecule has 0 aliphatic rings. The highest BCUT2D eigenvalue weighted by Gasteiger charge is 2.13. The number of phenols is 1. The van der Waals surface area contributed by atoms with Gasteiger partial charge in [-0.05, 0) is 26.2 Å². The van der Waals surface area contributed by atoms with Gasteiger partial charge in [-0.1, -0.05) is 6.07 Å². The minimum atomic E-state index is -0.641. The molecule has 1 rings (SSSR count). The summed E-state index contributed by atoms with van der Waals surface area (Å²) < 4.78 is 0. The second-order valence-corrected chi connectivity index (χ2v) is 5.25. The van der Waals surface area contributed by atoms with Crippen LogP contribution in [0.1, 0.15) is 25.5 Å². The lowest BCUT2D eigenvalue weighted by atomic mass is 10.1. The van der Waals surface area contributed by atoms with Crippen LogP contribution in [0.3, 0.4) is 0 Å². The van der Waals surface area contributed by atoms with Gasteiger partial charge in [0.1, 0.15) is 5.75 Å². The molecule has 0 amide bonds. The molecule has 17 heavy (non-hydrogen) atoms. The van der Waals surface area contributed by atoms with E-state index in [-0.39, 0.29) is 5.75 Å². The SMILES string of the molecule is CSCC(C)N(C)c1ccc(C(C)O)c(O)c1. The van der Waals surface area contributed by atoms with Crippen LogP contribution >= 0.6 is 11.8 Å². The Kier molecular flexibility index (Phi) is 5.15. The number of hydrogen-bond donors (Lipinski definition) is 2. The number of aliphatic hydroxyl groups is 1. The minimum Gasteiger partial charge on any atom is -0.507 e. The van der Waals surface area contributed by atoms with Crippen molar-refractivity contribution in [2.24, 2.45) is 0 Å². The number of aromatic hydroxyl groups is 1. The van der Waals surface area contributed by atoms with Gasteiger partial charge in [0.15, 0.2) is 0 Å². The Morgan fingerprint density at radius 2 is 2.00 bits per heavy atom. The van der Waals surface area contributed by atoms with E-state index in [2.05, 4.69) is 18.1 Å². The fourth-order valence-electron chi connectivity index (χ4n) is 1.71. The average molecular weight is 255 g/mol. The summed E-state index contributed by atoms with van der Waals surface area (Å²) in [5.41, 5.74) is 1.54. The van der Waals surface area contributed by atoms with E-state index in [4.69, 9.17) is 0 Å². The third-order valence-corrected chi connectivity index (χ3v) is 3.76. The number of aliphatic hydroxyl groups excluding tert-OH is 1. The molecular weight excluding hydrogens is 234 g/mol. The smallest absolute Gasteiger partial charge is 0.123 e. The van der Waals surface area contributed by atoms with Crippen LogP contribution in [0.25, 0.3) is 0 Å². The summed E-state index contributed by atoms with van der Waals surface area (Å²) >= 11 is 1.80. The Labute approximate surface area is 107 Å². The molecule has 0 aliphatic heterocycles.